The van der Waals surface area contributed by atoms with Gasteiger partial charge in [0.2, 0.25) is 11.8 Å². The predicted octanol–water partition coefficient (Wildman–Crippen LogP) is 3.71. The number of para-hydroxylation sites is 2. The Balaban J connectivity index is 2.12. The number of carbonyl (C=O) groups is 2. The van der Waals surface area contributed by atoms with E-state index in [1.165, 1.54) is 18.9 Å². The molecule has 8 heteroatoms. The Bertz CT molecular complexity index is 789. The van der Waals surface area contributed by atoms with Crippen molar-refractivity contribution in [3.8, 4) is 5.75 Å². The minimum absolute atomic E-state index is 0.200. The van der Waals surface area contributed by atoms with E-state index < -0.39 is 17.6 Å². The maximum absolute atomic E-state index is 12.6. The Morgan fingerprint density at radius 1 is 1.08 bits per heavy atom. The summed E-state index contributed by atoms with van der Waals surface area (Å²) in [5.41, 5.74) is -0.188. The van der Waals surface area contributed by atoms with E-state index in [1.54, 1.807) is 24.3 Å². The number of halogens is 3. The highest BCUT2D eigenvalue weighted by atomic mass is 19.4. The lowest BCUT2D eigenvalue weighted by Gasteiger charge is -2.22. The maximum atomic E-state index is 12.6. The topological polar surface area (TPSA) is 58.6 Å². The Kier molecular flexibility index (Phi) is 5.86. The summed E-state index contributed by atoms with van der Waals surface area (Å²) < 4.78 is 42.9. The molecule has 2 aromatic carbocycles. The van der Waals surface area contributed by atoms with Crippen LogP contribution in [0.1, 0.15) is 12.5 Å². The Morgan fingerprint density at radius 2 is 1.69 bits per heavy atom. The molecule has 0 aromatic heterocycles. The second-order valence-corrected chi connectivity index (χ2v) is 5.40. The van der Waals surface area contributed by atoms with Crippen molar-refractivity contribution in [3.05, 3.63) is 54.1 Å². The summed E-state index contributed by atoms with van der Waals surface area (Å²) in [6, 6.07) is 10.8. The van der Waals surface area contributed by atoms with Crippen molar-refractivity contribution in [1.82, 2.24) is 0 Å². The van der Waals surface area contributed by atoms with Crippen LogP contribution in [0.15, 0.2) is 48.5 Å². The van der Waals surface area contributed by atoms with Crippen molar-refractivity contribution in [2.45, 2.75) is 13.1 Å². The number of hydrogen-bond acceptors (Lipinski definition) is 3. The van der Waals surface area contributed by atoms with Crippen LogP contribution in [0.25, 0.3) is 0 Å². The van der Waals surface area contributed by atoms with Crippen molar-refractivity contribution in [1.29, 1.82) is 0 Å². The van der Waals surface area contributed by atoms with Crippen LogP contribution < -0.4 is 15.0 Å². The molecule has 0 bridgehead atoms. The highest BCUT2D eigenvalue weighted by Gasteiger charge is 2.30. The second kappa shape index (κ2) is 7.90. The normalized spacial score (nSPS) is 11.0. The van der Waals surface area contributed by atoms with E-state index >= 15 is 0 Å². The van der Waals surface area contributed by atoms with Gasteiger partial charge >= 0.3 is 6.18 Å². The minimum Gasteiger partial charge on any atom is -0.495 e. The van der Waals surface area contributed by atoms with Crippen LogP contribution in [0.4, 0.5) is 24.5 Å². The molecule has 0 aliphatic carbocycles. The number of carbonyl (C=O) groups excluding carboxylic acids is 2. The van der Waals surface area contributed by atoms with Gasteiger partial charge < -0.3 is 10.1 Å². The zero-order valence-corrected chi connectivity index (χ0v) is 14.1. The van der Waals surface area contributed by atoms with E-state index in [0.717, 1.165) is 24.3 Å². The zero-order chi connectivity index (χ0) is 19.3. The fraction of sp³-hybridized carbons (Fsp3) is 0.222. The summed E-state index contributed by atoms with van der Waals surface area (Å²) in [6.45, 7) is 0.995. The summed E-state index contributed by atoms with van der Waals surface area (Å²) in [4.78, 5) is 25.4. The van der Waals surface area contributed by atoms with Crippen LogP contribution in [0, 0.1) is 0 Å². The van der Waals surface area contributed by atoms with Crippen molar-refractivity contribution in [2.75, 3.05) is 23.9 Å². The number of alkyl halides is 3. The van der Waals surface area contributed by atoms with Gasteiger partial charge in [-0.25, -0.2) is 0 Å². The van der Waals surface area contributed by atoms with Gasteiger partial charge in [-0.05, 0) is 36.4 Å². The first-order chi connectivity index (χ1) is 12.2. The third-order valence-electron chi connectivity index (χ3n) is 3.55. The predicted molar refractivity (Wildman–Crippen MR) is 91.1 cm³/mol. The van der Waals surface area contributed by atoms with Gasteiger partial charge in [0.05, 0.1) is 18.4 Å². The number of hydrogen-bond donors (Lipinski definition) is 1. The van der Waals surface area contributed by atoms with Gasteiger partial charge in [0.1, 0.15) is 12.3 Å². The number of nitrogens with zero attached hydrogens (tertiary/aromatic N) is 1. The van der Waals surface area contributed by atoms with Crippen LogP contribution in [0.2, 0.25) is 0 Å². The van der Waals surface area contributed by atoms with E-state index in [-0.39, 0.29) is 18.1 Å². The number of benzene rings is 2. The monoisotopic (exact) mass is 366 g/mol. The van der Waals surface area contributed by atoms with Gasteiger partial charge in [0.25, 0.3) is 0 Å². The SMILES string of the molecule is COc1ccccc1N(CC(=O)Nc1ccc(C(F)(F)F)cc1)C(C)=O. The molecule has 5 nitrogen and oxygen atoms in total. The molecular weight excluding hydrogens is 349 g/mol. The van der Waals surface area contributed by atoms with Gasteiger partial charge in [-0.2, -0.15) is 13.2 Å². The summed E-state index contributed by atoms with van der Waals surface area (Å²) in [5, 5.41) is 2.47. The summed E-state index contributed by atoms with van der Waals surface area (Å²) in [5.74, 6) is -0.507. The van der Waals surface area contributed by atoms with E-state index in [0.29, 0.717) is 11.4 Å². The fourth-order valence-corrected chi connectivity index (χ4v) is 2.31. The van der Waals surface area contributed by atoms with Crippen molar-refractivity contribution >= 4 is 23.2 Å². The van der Waals surface area contributed by atoms with Gasteiger partial charge in [0, 0.05) is 12.6 Å². The van der Waals surface area contributed by atoms with Crippen molar-refractivity contribution in [2.24, 2.45) is 0 Å². The first kappa shape index (κ1) is 19.3. The average molecular weight is 366 g/mol. The van der Waals surface area contributed by atoms with Crippen molar-refractivity contribution < 1.29 is 27.5 Å². The maximum Gasteiger partial charge on any atom is 0.416 e. The lowest BCUT2D eigenvalue weighted by atomic mass is 10.2. The van der Waals surface area contributed by atoms with Crippen molar-refractivity contribution in [3.63, 3.8) is 0 Å². The molecule has 0 aliphatic rings. The van der Waals surface area contributed by atoms with Crippen LogP contribution in [-0.4, -0.2) is 25.5 Å². The quantitative estimate of drug-likeness (QED) is 0.878. The zero-order valence-electron chi connectivity index (χ0n) is 14.1. The molecular formula is C18H17F3N2O3. The summed E-state index contributed by atoms with van der Waals surface area (Å²) in [7, 11) is 1.44. The minimum atomic E-state index is -4.45. The molecule has 0 spiro atoms. The third kappa shape index (κ3) is 4.75. The first-order valence-corrected chi connectivity index (χ1v) is 7.60. The largest absolute Gasteiger partial charge is 0.495 e. The molecule has 26 heavy (non-hydrogen) atoms. The fourth-order valence-electron chi connectivity index (χ4n) is 2.31. The lowest BCUT2D eigenvalue weighted by molar-refractivity contribution is -0.137. The Morgan fingerprint density at radius 3 is 2.23 bits per heavy atom. The average Bonchev–Trinajstić information content (AvgIpc) is 2.59. The standard InChI is InChI=1S/C18H17F3N2O3/c1-12(24)23(15-5-3-4-6-16(15)26-2)11-17(25)22-14-9-7-13(8-10-14)18(19,20)21/h3-10H,11H2,1-2H3,(H,22,25). The van der Waals surface area contributed by atoms with Crippen LogP contribution in [-0.2, 0) is 15.8 Å². The van der Waals surface area contributed by atoms with Gasteiger partial charge in [-0.15, -0.1) is 0 Å². The van der Waals surface area contributed by atoms with Gasteiger partial charge in [-0.3, -0.25) is 14.5 Å². The highest BCUT2D eigenvalue weighted by molar-refractivity contribution is 6.02. The van der Waals surface area contributed by atoms with Crippen LogP contribution in [0.3, 0.4) is 0 Å². The molecule has 138 valence electrons. The van der Waals surface area contributed by atoms with Gasteiger partial charge in [-0.1, -0.05) is 12.1 Å². The van der Waals surface area contributed by atoms with E-state index in [9.17, 15) is 22.8 Å². The Labute approximate surface area is 148 Å². The van der Waals surface area contributed by atoms with E-state index in [1.807, 2.05) is 0 Å². The van der Waals surface area contributed by atoms with Crippen LogP contribution in [0.5, 0.6) is 5.75 Å². The number of nitrogens with one attached hydrogen (secondary N) is 1. The van der Waals surface area contributed by atoms with Crippen LogP contribution >= 0.6 is 0 Å². The third-order valence-corrected chi connectivity index (χ3v) is 3.55. The van der Waals surface area contributed by atoms with E-state index in [2.05, 4.69) is 5.32 Å². The molecule has 2 amide bonds. The molecule has 1 N–H and O–H groups in total. The molecule has 0 radical (unpaired) electrons. The summed E-state index contributed by atoms with van der Waals surface area (Å²) in [6.07, 6.45) is -4.45. The summed E-state index contributed by atoms with van der Waals surface area (Å²) >= 11 is 0. The molecule has 0 fully saturated rings. The molecule has 0 atom stereocenters. The lowest BCUT2D eigenvalue weighted by Crippen LogP contribution is -2.36. The number of rotatable bonds is 5. The number of ether oxygens (including phenoxy) is 1. The smallest absolute Gasteiger partial charge is 0.416 e. The molecule has 2 aromatic rings. The van der Waals surface area contributed by atoms with E-state index in [4.69, 9.17) is 4.74 Å². The second-order valence-electron chi connectivity index (χ2n) is 5.40. The first-order valence-electron chi connectivity index (χ1n) is 7.60. The molecule has 0 unspecified atom stereocenters. The molecule has 0 heterocycles. The molecule has 0 saturated carbocycles. The molecule has 0 saturated heterocycles. The highest BCUT2D eigenvalue weighted by Crippen LogP contribution is 2.30. The number of amides is 2. The number of methoxy groups -OCH3 is 1. The molecule has 0 aliphatic heterocycles. The Hall–Kier alpha value is -3.03. The molecule has 2 rings (SSSR count). The number of anilines is 2. The van der Waals surface area contributed by atoms with Gasteiger partial charge in [0.15, 0.2) is 0 Å².